The van der Waals surface area contributed by atoms with Crippen LogP contribution in [-0.4, -0.2) is 55.0 Å². The van der Waals surface area contributed by atoms with Gasteiger partial charge in [-0.25, -0.2) is 0 Å². The predicted octanol–water partition coefficient (Wildman–Crippen LogP) is 2.91. The number of nitriles is 1. The van der Waals surface area contributed by atoms with E-state index in [1.54, 1.807) is 0 Å². The summed E-state index contributed by atoms with van der Waals surface area (Å²) in [5, 5.41) is 12.1. The van der Waals surface area contributed by atoms with Crippen molar-refractivity contribution in [2.45, 2.75) is 31.2 Å². The van der Waals surface area contributed by atoms with Crippen LogP contribution < -0.4 is 5.32 Å². The summed E-state index contributed by atoms with van der Waals surface area (Å²) in [5.41, 5.74) is 3.44. The zero-order valence-corrected chi connectivity index (χ0v) is 17.5. The molecule has 4 rings (SSSR count). The van der Waals surface area contributed by atoms with E-state index < -0.39 is 0 Å². The van der Waals surface area contributed by atoms with Crippen LogP contribution in [-0.2, 0) is 16.8 Å². The highest BCUT2D eigenvalue weighted by molar-refractivity contribution is 5.78. The monoisotopic (exact) mass is 402 g/mol. The number of rotatable bonds is 7. The van der Waals surface area contributed by atoms with Crippen molar-refractivity contribution in [3.63, 3.8) is 0 Å². The maximum atomic E-state index is 12.6. The molecule has 5 nitrogen and oxygen atoms in total. The lowest BCUT2D eigenvalue weighted by molar-refractivity contribution is -0.122. The zero-order valence-electron chi connectivity index (χ0n) is 17.5. The van der Waals surface area contributed by atoms with Crippen molar-refractivity contribution in [1.29, 1.82) is 5.26 Å². The average molecular weight is 403 g/mol. The molecule has 0 radical (unpaired) electrons. The Morgan fingerprint density at radius 1 is 0.967 bits per heavy atom. The fourth-order valence-corrected chi connectivity index (χ4v) is 4.32. The molecule has 0 aromatic heterocycles. The normalized spacial score (nSPS) is 18.9. The highest BCUT2D eigenvalue weighted by atomic mass is 16.2. The van der Waals surface area contributed by atoms with Gasteiger partial charge in [0, 0.05) is 31.6 Å². The number of amides is 1. The standard InChI is InChI=1S/C25H30N4O/c26-17-21-7-9-22(10-8-21)18-28-13-4-14-29(16-15-28)19-24(30)27-20-25(11-12-25)23-5-2-1-3-6-23/h1-3,5-10H,4,11-16,18-20H2,(H,27,30). The van der Waals surface area contributed by atoms with Crippen molar-refractivity contribution < 1.29 is 4.79 Å². The van der Waals surface area contributed by atoms with Gasteiger partial charge in [0.15, 0.2) is 0 Å². The van der Waals surface area contributed by atoms with Gasteiger partial charge in [-0.15, -0.1) is 0 Å². The van der Waals surface area contributed by atoms with Crippen LogP contribution >= 0.6 is 0 Å². The third-order valence-electron chi connectivity index (χ3n) is 6.40. The SMILES string of the molecule is N#Cc1ccc(CN2CCCN(CC(=O)NCC3(c4ccccc4)CC3)CC2)cc1. The van der Waals surface area contributed by atoms with E-state index in [0.29, 0.717) is 12.1 Å². The molecule has 1 aliphatic carbocycles. The maximum Gasteiger partial charge on any atom is 0.234 e. The summed E-state index contributed by atoms with van der Waals surface area (Å²) >= 11 is 0. The van der Waals surface area contributed by atoms with Crippen LogP contribution in [0.4, 0.5) is 0 Å². The number of hydrogen-bond acceptors (Lipinski definition) is 4. The van der Waals surface area contributed by atoms with E-state index >= 15 is 0 Å². The smallest absolute Gasteiger partial charge is 0.234 e. The molecule has 0 spiro atoms. The quantitative estimate of drug-likeness (QED) is 0.774. The fourth-order valence-electron chi connectivity index (χ4n) is 4.32. The van der Waals surface area contributed by atoms with Gasteiger partial charge in [-0.1, -0.05) is 42.5 Å². The topological polar surface area (TPSA) is 59.4 Å². The summed E-state index contributed by atoms with van der Waals surface area (Å²) in [5.74, 6) is 0.137. The van der Waals surface area contributed by atoms with Gasteiger partial charge in [0.2, 0.25) is 5.91 Å². The second kappa shape index (κ2) is 9.42. The van der Waals surface area contributed by atoms with Crippen molar-refractivity contribution in [3.8, 4) is 6.07 Å². The summed E-state index contributed by atoms with van der Waals surface area (Å²) in [6.07, 6.45) is 3.38. The highest BCUT2D eigenvalue weighted by Gasteiger charge is 2.44. The first kappa shape index (κ1) is 20.6. The molecule has 1 saturated heterocycles. The van der Waals surface area contributed by atoms with Crippen LogP contribution in [0.1, 0.15) is 36.0 Å². The molecule has 156 valence electrons. The lowest BCUT2D eigenvalue weighted by atomic mass is 9.96. The number of nitrogens with zero attached hydrogens (tertiary/aromatic N) is 3. The van der Waals surface area contributed by atoms with Crippen molar-refractivity contribution in [2.24, 2.45) is 0 Å². The number of benzene rings is 2. The Hall–Kier alpha value is -2.68. The van der Waals surface area contributed by atoms with Crippen LogP contribution in [0.2, 0.25) is 0 Å². The lowest BCUT2D eigenvalue weighted by Crippen LogP contribution is -2.41. The van der Waals surface area contributed by atoms with Crippen molar-refractivity contribution in [2.75, 3.05) is 39.3 Å². The molecule has 5 heteroatoms. The van der Waals surface area contributed by atoms with Gasteiger partial charge in [0.1, 0.15) is 0 Å². The number of hydrogen-bond donors (Lipinski definition) is 1. The molecule has 0 unspecified atom stereocenters. The third kappa shape index (κ3) is 5.27. The first-order chi connectivity index (χ1) is 14.7. The average Bonchev–Trinajstić information content (AvgIpc) is 3.60. The first-order valence-corrected chi connectivity index (χ1v) is 10.9. The van der Waals surface area contributed by atoms with E-state index in [1.807, 2.05) is 30.3 Å². The predicted molar refractivity (Wildman–Crippen MR) is 118 cm³/mol. The van der Waals surface area contributed by atoms with Gasteiger partial charge in [-0.05, 0) is 55.6 Å². The molecule has 30 heavy (non-hydrogen) atoms. The summed E-state index contributed by atoms with van der Waals surface area (Å²) in [4.78, 5) is 17.3. The number of carbonyl (C=O) groups is 1. The molecule has 1 saturated carbocycles. The van der Waals surface area contributed by atoms with Gasteiger partial charge in [0.25, 0.3) is 0 Å². The minimum absolute atomic E-state index is 0.137. The molecule has 2 fully saturated rings. The van der Waals surface area contributed by atoms with Gasteiger partial charge in [-0.2, -0.15) is 5.26 Å². The van der Waals surface area contributed by atoms with Crippen LogP contribution in [0.25, 0.3) is 0 Å². The van der Waals surface area contributed by atoms with Crippen LogP contribution in [0.15, 0.2) is 54.6 Å². The molecule has 2 aromatic rings. The molecule has 2 aliphatic rings. The van der Waals surface area contributed by atoms with E-state index in [-0.39, 0.29) is 11.3 Å². The zero-order chi connectivity index (χ0) is 20.8. The molecule has 1 heterocycles. The fraction of sp³-hybridized carbons (Fsp3) is 0.440. The Labute approximate surface area is 179 Å². The summed E-state index contributed by atoms with van der Waals surface area (Å²) < 4.78 is 0. The number of nitrogens with one attached hydrogen (secondary N) is 1. The Kier molecular flexibility index (Phi) is 6.47. The van der Waals surface area contributed by atoms with Crippen molar-refractivity contribution >= 4 is 5.91 Å². The van der Waals surface area contributed by atoms with Crippen LogP contribution in [0.5, 0.6) is 0 Å². The molecule has 1 aliphatic heterocycles. The van der Waals surface area contributed by atoms with Crippen molar-refractivity contribution in [3.05, 3.63) is 71.3 Å². The van der Waals surface area contributed by atoms with Crippen LogP contribution in [0.3, 0.4) is 0 Å². The molecule has 0 bridgehead atoms. The second-order valence-electron chi connectivity index (χ2n) is 8.64. The van der Waals surface area contributed by atoms with E-state index in [1.165, 1.54) is 11.1 Å². The van der Waals surface area contributed by atoms with E-state index in [9.17, 15) is 4.79 Å². The lowest BCUT2D eigenvalue weighted by Gasteiger charge is -2.22. The molecule has 0 atom stereocenters. The number of carbonyl (C=O) groups excluding carboxylic acids is 1. The minimum atomic E-state index is 0.137. The third-order valence-corrected chi connectivity index (χ3v) is 6.40. The van der Waals surface area contributed by atoms with E-state index in [0.717, 1.165) is 58.5 Å². The summed E-state index contributed by atoms with van der Waals surface area (Å²) in [7, 11) is 0. The van der Waals surface area contributed by atoms with E-state index in [4.69, 9.17) is 5.26 Å². The largest absolute Gasteiger partial charge is 0.354 e. The molecular weight excluding hydrogens is 372 g/mol. The molecule has 2 aromatic carbocycles. The summed E-state index contributed by atoms with van der Waals surface area (Å²) in [6.45, 7) is 5.99. The van der Waals surface area contributed by atoms with Gasteiger partial charge < -0.3 is 5.32 Å². The Balaban J connectivity index is 1.22. The first-order valence-electron chi connectivity index (χ1n) is 10.9. The van der Waals surface area contributed by atoms with Crippen LogP contribution in [0, 0.1) is 11.3 Å². The molecular formula is C25H30N4O. The Morgan fingerprint density at radius 3 is 2.37 bits per heavy atom. The summed E-state index contributed by atoms with van der Waals surface area (Å²) in [6, 6.07) is 20.6. The van der Waals surface area contributed by atoms with Gasteiger partial charge >= 0.3 is 0 Å². The maximum absolute atomic E-state index is 12.6. The Morgan fingerprint density at radius 2 is 1.67 bits per heavy atom. The molecule has 1 amide bonds. The molecule has 1 N–H and O–H groups in total. The van der Waals surface area contributed by atoms with Gasteiger partial charge in [0.05, 0.1) is 18.2 Å². The minimum Gasteiger partial charge on any atom is -0.354 e. The Bertz CT molecular complexity index is 884. The highest BCUT2D eigenvalue weighted by Crippen LogP contribution is 2.47. The van der Waals surface area contributed by atoms with Crippen molar-refractivity contribution in [1.82, 2.24) is 15.1 Å². The van der Waals surface area contributed by atoms with Gasteiger partial charge in [-0.3, -0.25) is 14.6 Å². The van der Waals surface area contributed by atoms with E-state index in [2.05, 4.69) is 45.5 Å². The second-order valence-corrected chi connectivity index (χ2v) is 8.64.